The predicted octanol–water partition coefficient (Wildman–Crippen LogP) is 2.53. The van der Waals surface area contributed by atoms with E-state index < -0.39 is 28.3 Å². The van der Waals surface area contributed by atoms with Crippen molar-refractivity contribution in [1.82, 2.24) is 4.72 Å². The van der Waals surface area contributed by atoms with Crippen molar-refractivity contribution in [3.63, 3.8) is 0 Å². The third kappa shape index (κ3) is 5.84. The lowest BCUT2D eigenvalue weighted by Crippen LogP contribution is -2.32. The SMILES string of the molecule is CC(C)Oc1ccc(S(=O)(=O)NCC(=O)Nc2cccc(F)c2)cc1. The topological polar surface area (TPSA) is 84.5 Å². The van der Waals surface area contributed by atoms with Gasteiger partial charge in [0.1, 0.15) is 11.6 Å². The van der Waals surface area contributed by atoms with E-state index in [0.717, 1.165) is 6.07 Å². The molecule has 8 heteroatoms. The summed E-state index contributed by atoms with van der Waals surface area (Å²) in [6.45, 7) is 3.26. The van der Waals surface area contributed by atoms with Crippen molar-refractivity contribution in [2.75, 3.05) is 11.9 Å². The van der Waals surface area contributed by atoms with Gasteiger partial charge in [-0.15, -0.1) is 0 Å². The molecule has 0 aliphatic carbocycles. The Balaban J connectivity index is 1.95. The van der Waals surface area contributed by atoms with E-state index in [-0.39, 0.29) is 16.7 Å². The van der Waals surface area contributed by atoms with Crippen molar-refractivity contribution in [3.05, 3.63) is 54.3 Å². The molecule has 0 radical (unpaired) electrons. The standard InChI is InChI=1S/C17H19FN2O4S/c1-12(2)24-15-6-8-16(9-7-15)25(22,23)19-11-17(21)20-14-5-3-4-13(18)10-14/h3-10,12,19H,11H2,1-2H3,(H,20,21). The van der Waals surface area contributed by atoms with Crippen LogP contribution in [0.15, 0.2) is 53.4 Å². The van der Waals surface area contributed by atoms with Crippen LogP contribution in [0.25, 0.3) is 0 Å². The fourth-order valence-electron chi connectivity index (χ4n) is 1.98. The number of ether oxygens (including phenoxy) is 1. The minimum absolute atomic E-state index is 0.0159. The van der Waals surface area contributed by atoms with E-state index in [4.69, 9.17) is 4.74 Å². The highest BCUT2D eigenvalue weighted by Gasteiger charge is 2.16. The van der Waals surface area contributed by atoms with Crippen LogP contribution in [0.4, 0.5) is 10.1 Å². The van der Waals surface area contributed by atoms with Crippen molar-refractivity contribution in [1.29, 1.82) is 0 Å². The van der Waals surface area contributed by atoms with Gasteiger partial charge in [-0.2, -0.15) is 0 Å². The molecule has 2 aromatic carbocycles. The fourth-order valence-corrected chi connectivity index (χ4v) is 2.97. The van der Waals surface area contributed by atoms with Gasteiger partial charge >= 0.3 is 0 Å². The summed E-state index contributed by atoms with van der Waals surface area (Å²) >= 11 is 0. The van der Waals surface area contributed by atoms with Crippen LogP contribution in [0.3, 0.4) is 0 Å². The third-order valence-corrected chi connectivity index (χ3v) is 4.45. The molecule has 0 saturated heterocycles. The molecule has 0 aromatic heterocycles. The molecular formula is C17H19FN2O4S. The zero-order valence-electron chi connectivity index (χ0n) is 13.8. The number of nitrogens with one attached hydrogen (secondary N) is 2. The number of amides is 1. The smallest absolute Gasteiger partial charge is 0.241 e. The lowest BCUT2D eigenvalue weighted by Gasteiger charge is -2.11. The number of hydrogen-bond acceptors (Lipinski definition) is 4. The van der Waals surface area contributed by atoms with Gasteiger partial charge < -0.3 is 10.1 Å². The second kappa shape index (κ2) is 8.09. The highest BCUT2D eigenvalue weighted by atomic mass is 32.2. The van der Waals surface area contributed by atoms with Crippen molar-refractivity contribution in [2.45, 2.75) is 24.8 Å². The summed E-state index contributed by atoms with van der Waals surface area (Å²) in [5.74, 6) is -0.547. The van der Waals surface area contributed by atoms with E-state index in [2.05, 4.69) is 10.0 Å². The van der Waals surface area contributed by atoms with Gasteiger partial charge in [-0.25, -0.2) is 17.5 Å². The summed E-state index contributed by atoms with van der Waals surface area (Å²) in [5, 5.41) is 2.41. The molecule has 0 aliphatic heterocycles. The van der Waals surface area contributed by atoms with Crippen LogP contribution in [-0.4, -0.2) is 27.0 Å². The average molecular weight is 366 g/mol. The van der Waals surface area contributed by atoms with Crippen LogP contribution in [-0.2, 0) is 14.8 Å². The molecule has 1 amide bonds. The molecule has 2 N–H and O–H groups in total. The highest BCUT2D eigenvalue weighted by molar-refractivity contribution is 7.89. The highest BCUT2D eigenvalue weighted by Crippen LogP contribution is 2.17. The molecule has 0 saturated carbocycles. The van der Waals surface area contributed by atoms with Crippen molar-refractivity contribution in [2.24, 2.45) is 0 Å². The van der Waals surface area contributed by atoms with Crippen molar-refractivity contribution >= 4 is 21.6 Å². The fraction of sp³-hybridized carbons (Fsp3) is 0.235. The number of carbonyl (C=O) groups is 1. The molecule has 0 aliphatic rings. The molecule has 0 spiro atoms. The molecule has 2 aromatic rings. The van der Waals surface area contributed by atoms with Crippen LogP contribution in [0.2, 0.25) is 0 Å². The van der Waals surface area contributed by atoms with E-state index in [1.165, 1.54) is 30.3 Å². The Labute approximate surface area is 146 Å². The van der Waals surface area contributed by atoms with Crippen LogP contribution in [0.1, 0.15) is 13.8 Å². The zero-order chi connectivity index (χ0) is 18.4. The van der Waals surface area contributed by atoms with Crippen LogP contribution >= 0.6 is 0 Å². The Bertz CT molecular complexity index is 836. The number of rotatable bonds is 7. The first-order valence-electron chi connectivity index (χ1n) is 7.58. The summed E-state index contributed by atoms with van der Waals surface area (Å²) in [4.78, 5) is 11.8. The summed E-state index contributed by atoms with van der Waals surface area (Å²) in [6.07, 6.45) is -0.0212. The van der Waals surface area contributed by atoms with Gasteiger partial charge in [-0.3, -0.25) is 4.79 Å². The van der Waals surface area contributed by atoms with Gasteiger partial charge in [-0.05, 0) is 56.3 Å². The van der Waals surface area contributed by atoms with Gasteiger partial charge in [0.2, 0.25) is 15.9 Å². The van der Waals surface area contributed by atoms with E-state index >= 15 is 0 Å². The lowest BCUT2D eigenvalue weighted by molar-refractivity contribution is -0.115. The summed E-state index contributed by atoms with van der Waals surface area (Å²) < 4.78 is 45.1. The molecule has 25 heavy (non-hydrogen) atoms. The number of halogens is 1. The molecule has 0 unspecified atom stereocenters. The monoisotopic (exact) mass is 366 g/mol. The summed E-state index contributed by atoms with van der Waals surface area (Å²) in [5.41, 5.74) is 0.249. The normalized spacial score (nSPS) is 11.4. The van der Waals surface area contributed by atoms with Gasteiger partial charge in [-0.1, -0.05) is 6.07 Å². The molecule has 6 nitrogen and oxygen atoms in total. The van der Waals surface area contributed by atoms with E-state index in [0.29, 0.717) is 5.75 Å². The molecule has 2 rings (SSSR count). The number of hydrogen-bond donors (Lipinski definition) is 2. The van der Waals surface area contributed by atoms with Gasteiger partial charge in [0, 0.05) is 5.69 Å². The first-order chi connectivity index (χ1) is 11.8. The Morgan fingerprint density at radius 1 is 1.16 bits per heavy atom. The molecule has 0 atom stereocenters. The molecular weight excluding hydrogens is 347 g/mol. The summed E-state index contributed by atoms with van der Waals surface area (Å²) in [6, 6.07) is 11.2. The number of anilines is 1. The molecule has 0 heterocycles. The van der Waals surface area contributed by atoms with E-state index in [1.54, 1.807) is 12.1 Å². The molecule has 134 valence electrons. The Morgan fingerprint density at radius 2 is 1.84 bits per heavy atom. The van der Waals surface area contributed by atoms with E-state index in [9.17, 15) is 17.6 Å². The maximum atomic E-state index is 13.1. The Morgan fingerprint density at radius 3 is 2.44 bits per heavy atom. The van der Waals surface area contributed by atoms with E-state index in [1.807, 2.05) is 13.8 Å². The quantitative estimate of drug-likeness (QED) is 0.789. The maximum Gasteiger partial charge on any atom is 0.241 e. The number of carbonyl (C=O) groups excluding carboxylic acids is 1. The Hall–Kier alpha value is -2.45. The molecule has 0 fully saturated rings. The van der Waals surface area contributed by atoms with Crippen LogP contribution < -0.4 is 14.8 Å². The largest absolute Gasteiger partial charge is 0.491 e. The number of sulfonamides is 1. The summed E-state index contributed by atoms with van der Waals surface area (Å²) in [7, 11) is -3.84. The van der Waals surface area contributed by atoms with Gasteiger partial charge in [0.05, 0.1) is 17.5 Å². The average Bonchev–Trinajstić information content (AvgIpc) is 2.53. The predicted molar refractivity (Wildman–Crippen MR) is 92.4 cm³/mol. The van der Waals surface area contributed by atoms with Crippen molar-refractivity contribution < 1.29 is 22.3 Å². The number of benzene rings is 2. The Kier molecular flexibility index (Phi) is 6.11. The second-order valence-corrected chi connectivity index (χ2v) is 7.29. The van der Waals surface area contributed by atoms with Gasteiger partial charge in [0.25, 0.3) is 0 Å². The third-order valence-electron chi connectivity index (χ3n) is 3.04. The lowest BCUT2D eigenvalue weighted by atomic mass is 10.3. The van der Waals surface area contributed by atoms with Crippen LogP contribution in [0.5, 0.6) is 5.75 Å². The second-order valence-electron chi connectivity index (χ2n) is 5.52. The zero-order valence-corrected chi connectivity index (χ0v) is 14.6. The van der Waals surface area contributed by atoms with Crippen molar-refractivity contribution in [3.8, 4) is 5.75 Å². The van der Waals surface area contributed by atoms with Crippen LogP contribution in [0, 0.1) is 5.82 Å². The molecule has 0 bridgehead atoms. The maximum absolute atomic E-state index is 13.1. The minimum atomic E-state index is -3.84. The van der Waals surface area contributed by atoms with Gasteiger partial charge in [0.15, 0.2) is 0 Å². The minimum Gasteiger partial charge on any atom is -0.491 e. The first kappa shape index (κ1) is 18.9. The first-order valence-corrected chi connectivity index (χ1v) is 9.06.